The SMILES string of the molecule is CCNc1snnc1CN(C)CC(C)(C)C. The van der Waals surface area contributed by atoms with E-state index < -0.39 is 0 Å². The van der Waals surface area contributed by atoms with Crippen molar-refractivity contribution in [1.29, 1.82) is 0 Å². The van der Waals surface area contributed by atoms with Gasteiger partial charge in [0.25, 0.3) is 0 Å². The molecule has 0 bridgehead atoms. The fourth-order valence-corrected chi connectivity index (χ4v) is 2.37. The van der Waals surface area contributed by atoms with Gasteiger partial charge in [0.2, 0.25) is 0 Å². The van der Waals surface area contributed by atoms with Gasteiger partial charge in [-0.25, -0.2) is 0 Å². The average Bonchev–Trinajstić information content (AvgIpc) is 2.50. The molecule has 1 rings (SSSR count). The summed E-state index contributed by atoms with van der Waals surface area (Å²) in [5, 5.41) is 8.56. The lowest BCUT2D eigenvalue weighted by atomic mass is 9.96. The molecule has 0 aliphatic heterocycles. The van der Waals surface area contributed by atoms with Crippen LogP contribution in [0.5, 0.6) is 0 Å². The maximum Gasteiger partial charge on any atom is 0.134 e. The number of hydrogen-bond acceptors (Lipinski definition) is 5. The van der Waals surface area contributed by atoms with Crippen LogP contribution in [-0.4, -0.2) is 34.6 Å². The van der Waals surface area contributed by atoms with Gasteiger partial charge in [0.05, 0.1) is 0 Å². The fourth-order valence-electron chi connectivity index (χ4n) is 1.73. The van der Waals surface area contributed by atoms with E-state index in [9.17, 15) is 0 Å². The summed E-state index contributed by atoms with van der Waals surface area (Å²) in [6.07, 6.45) is 0. The van der Waals surface area contributed by atoms with Gasteiger partial charge in [-0.3, -0.25) is 4.90 Å². The first-order chi connectivity index (χ1) is 7.42. The van der Waals surface area contributed by atoms with Gasteiger partial charge in [-0.15, -0.1) is 5.10 Å². The van der Waals surface area contributed by atoms with E-state index in [0.29, 0.717) is 5.41 Å². The highest BCUT2D eigenvalue weighted by molar-refractivity contribution is 7.10. The van der Waals surface area contributed by atoms with Crippen LogP contribution in [0.1, 0.15) is 33.4 Å². The molecule has 0 fully saturated rings. The number of rotatable bonds is 5. The first kappa shape index (κ1) is 13.4. The summed E-state index contributed by atoms with van der Waals surface area (Å²) in [6, 6.07) is 0. The van der Waals surface area contributed by atoms with Gasteiger partial charge in [-0.2, -0.15) is 0 Å². The highest BCUT2D eigenvalue weighted by Crippen LogP contribution is 2.21. The molecule has 0 aromatic carbocycles. The second-order valence-electron chi connectivity index (χ2n) is 5.31. The number of nitrogens with one attached hydrogen (secondary N) is 1. The zero-order chi connectivity index (χ0) is 12.2. The molecule has 1 aromatic rings. The molecule has 92 valence electrons. The lowest BCUT2D eigenvalue weighted by molar-refractivity contribution is 0.219. The molecule has 16 heavy (non-hydrogen) atoms. The third-order valence-corrected chi connectivity index (χ3v) is 2.78. The van der Waals surface area contributed by atoms with E-state index in [2.05, 4.69) is 54.5 Å². The molecule has 0 atom stereocenters. The van der Waals surface area contributed by atoms with Gasteiger partial charge in [0.1, 0.15) is 10.7 Å². The van der Waals surface area contributed by atoms with Crippen LogP contribution in [0.15, 0.2) is 0 Å². The van der Waals surface area contributed by atoms with E-state index in [-0.39, 0.29) is 0 Å². The van der Waals surface area contributed by atoms with Crippen molar-refractivity contribution in [2.45, 2.75) is 34.2 Å². The molecule has 0 unspecified atom stereocenters. The Kier molecular flexibility index (Phi) is 4.68. The maximum absolute atomic E-state index is 4.17. The molecule has 0 saturated heterocycles. The molecule has 0 aliphatic carbocycles. The summed E-state index contributed by atoms with van der Waals surface area (Å²) in [6.45, 7) is 11.6. The predicted molar refractivity (Wildman–Crippen MR) is 69.9 cm³/mol. The van der Waals surface area contributed by atoms with Crippen LogP contribution in [0, 0.1) is 5.41 Å². The highest BCUT2D eigenvalue weighted by Gasteiger charge is 2.16. The van der Waals surface area contributed by atoms with Gasteiger partial charge in [0, 0.05) is 31.2 Å². The van der Waals surface area contributed by atoms with Gasteiger partial charge in [-0.05, 0) is 19.4 Å². The van der Waals surface area contributed by atoms with E-state index in [1.54, 1.807) is 0 Å². The number of anilines is 1. The van der Waals surface area contributed by atoms with Crippen LogP contribution in [0.25, 0.3) is 0 Å². The second-order valence-corrected chi connectivity index (χ2v) is 6.07. The van der Waals surface area contributed by atoms with E-state index in [4.69, 9.17) is 0 Å². The van der Waals surface area contributed by atoms with E-state index in [1.165, 1.54) is 11.5 Å². The van der Waals surface area contributed by atoms with Crippen molar-refractivity contribution >= 4 is 16.5 Å². The predicted octanol–water partition coefficient (Wildman–Crippen LogP) is 2.45. The van der Waals surface area contributed by atoms with Crippen LogP contribution in [-0.2, 0) is 6.54 Å². The van der Waals surface area contributed by atoms with E-state index in [0.717, 1.165) is 30.3 Å². The van der Waals surface area contributed by atoms with Gasteiger partial charge < -0.3 is 5.32 Å². The van der Waals surface area contributed by atoms with Gasteiger partial charge >= 0.3 is 0 Å². The molecular weight excluding hydrogens is 220 g/mol. The first-order valence-electron chi connectivity index (χ1n) is 5.66. The normalized spacial score (nSPS) is 12.1. The smallest absolute Gasteiger partial charge is 0.134 e. The molecule has 0 spiro atoms. The molecule has 0 amide bonds. The molecule has 4 nitrogen and oxygen atoms in total. The van der Waals surface area contributed by atoms with E-state index >= 15 is 0 Å². The maximum atomic E-state index is 4.17. The Hall–Kier alpha value is -0.680. The zero-order valence-electron chi connectivity index (χ0n) is 10.9. The van der Waals surface area contributed by atoms with Crippen LogP contribution in [0.4, 0.5) is 5.00 Å². The monoisotopic (exact) mass is 242 g/mol. The van der Waals surface area contributed by atoms with Crippen molar-refractivity contribution in [2.75, 3.05) is 25.5 Å². The Balaban J connectivity index is 2.55. The minimum absolute atomic E-state index is 0.316. The molecular formula is C11H22N4S. The minimum atomic E-state index is 0.316. The third kappa shape index (κ3) is 4.45. The number of nitrogens with zero attached hydrogens (tertiary/aromatic N) is 3. The summed E-state index contributed by atoms with van der Waals surface area (Å²) < 4.78 is 3.99. The summed E-state index contributed by atoms with van der Waals surface area (Å²) in [5.74, 6) is 0. The Morgan fingerprint density at radius 1 is 1.38 bits per heavy atom. The topological polar surface area (TPSA) is 41.1 Å². The Labute approximate surface area is 102 Å². The van der Waals surface area contributed by atoms with Gasteiger partial charge in [0.15, 0.2) is 0 Å². The van der Waals surface area contributed by atoms with Crippen molar-refractivity contribution in [2.24, 2.45) is 5.41 Å². The first-order valence-corrected chi connectivity index (χ1v) is 6.43. The Bertz CT molecular complexity index is 316. The standard InChI is InChI=1S/C11H22N4S/c1-6-12-10-9(13-14-16-10)7-15(5)8-11(2,3)4/h12H,6-8H2,1-5H3. The molecule has 0 aliphatic rings. The molecule has 1 N–H and O–H groups in total. The van der Waals surface area contributed by atoms with Crippen molar-refractivity contribution in [3.63, 3.8) is 0 Å². The zero-order valence-corrected chi connectivity index (χ0v) is 11.7. The van der Waals surface area contributed by atoms with Gasteiger partial charge in [-0.1, -0.05) is 25.3 Å². The largest absolute Gasteiger partial charge is 0.374 e. The van der Waals surface area contributed by atoms with Crippen LogP contribution >= 0.6 is 11.5 Å². The number of hydrogen-bond donors (Lipinski definition) is 1. The molecule has 0 saturated carbocycles. The number of aromatic nitrogens is 2. The van der Waals surface area contributed by atoms with Crippen LogP contribution in [0.3, 0.4) is 0 Å². The molecule has 1 heterocycles. The summed E-state index contributed by atoms with van der Waals surface area (Å²) in [5.41, 5.74) is 1.37. The summed E-state index contributed by atoms with van der Waals surface area (Å²) >= 11 is 1.44. The Morgan fingerprint density at radius 2 is 2.06 bits per heavy atom. The third-order valence-electron chi connectivity index (χ3n) is 2.06. The highest BCUT2D eigenvalue weighted by atomic mass is 32.1. The molecule has 1 aromatic heterocycles. The fraction of sp³-hybridized carbons (Fsp3) is 0.818. The summed E-state index contributed by atoms with van der Waals surface area (Å²) in [4.78, 5) is 2.29. The Morgan fingerprint density at radius 3 is 2.62 bits per heavy atom. The van der Waals surface area contributed by atoms with Crippen molar-refractivity contribution in [1.82, 2.24) is 14.5 Å². The van der Waals surface area contributed by atoms with Crippen molar-refractivity contribution in [3.8, 4) is 0 Å². The summed E-state index contributed by atoms with van der Waals surface area (Å²) in [7, 11) is 2.13. The lowest BCUT2D eigenvalue weighted by Gasteiger charge is -2.25. The van der Waals surface area contributed by atoms with E-state index in [1.807, 2.05) is 0 Å². The van der Waals surface area contributed by atoms with Crippen LogP contribution < -0.4 is 5.32 Å². The molecule has 5 heteroatoms. The minimum Gasteiger partial charge on any atom is -0.374 e. The molecule has 0 radical (unpaired) electrons. The van der Waals surface area contributed by atoms with Crippen molar-refractivity contribution in [3.05, 3.63) is 5.69 Å². The van der Waals surface area contributed by atoms with Crippen LogP contribution in [0.2, 0.25) is 0 Å². The quantitative estimate of drug-likeness (QED) is 0.861. The van der Waals surface area contributed by atoms with Crippen molar-refractivity contribution < 1.29 is 0 Å². The average molecular weight is 242 g/mol. The lowest BCUT2D eigenvalue weighted by Crippen LogP contribution is -2.29. The second kappa shape index (κ2) is 5.59.